The van der Waals surface area contributed by atoms with Gasteiger partial charge in [0.25, 0.3) is 0 Å². The van der Waals surface area contributed by atoms with Crippen molar-refractivity contribution in [3.8, 4) is 0 Å². The molecule has 1 aromatic heterocycles. The molecule has 1 aromatic carbocycles. The zero-order chi connectivity index (χ0) is 24.6. The van der Waals surface area contributed by atoms with Crippen LogP contribution in [0, 0.1) is 0 Å². The Kier molecular flexibility index (Phi) is 9.45. The number of amides is 1. The number of carbonyl (C=O) groups excluding carboxylic acids is 1. The van der Waals surface area contributed by atoms with Gasteiger partial charge in [0.2, 0.25) is 15.9 Å². The SMILES string of the molecule is O=C(CCCCc1ccc(CC(NS(=O)(=O)c2ccc(Cl)cc2)C(=O)O)s1)NC1=NCCCN1. The van der Waals surface area contributed by atoms with E-state index in [1.54, 1.807) is 0 Å². The van der Waals surface area contributed by atoms with Gasteiger partial charge in [0.1, 0.15) is 6.04 Å². The maximum absolute atomic E-state index is 12.6. The quantitative estimate of drug-likeness (QED) is 0.332. The van der Waals surface area contributed by atoms with Crippen LogP contribution in [-0.2, 0) is 32.5 Å². The molecule has 0 spiro atoms. The maximum Gasteiger partial charge on any atom is 0.322 e. The van der Waals surface area contributed by atoms with Crippen molar-refractivity contribution in [2.45, 2.75) is 49.5 Å². The first kappa shape index (κ1) is 26.1. The summed E-state index contributed by atoms with van der Waals surface area (Å²) in [5, 5.41) is 15.7. The number of aryl methyl sites for hydroxylation is 1. The van der Waals surface area contributed by atoms with Gasteiger partial charge >= 0.3 is 5.97 Å². The van der Waals surface area contributed by atoms with E-state index in [0.717, 1.165) is 35.6 Å². The summed E-state index contributed by atoms with van der Waals surface area (Å²) in [4.78, 5) is 29.7. The smallest absolute Gasteiger partial charge is 0.322 e. The van der Waals surface area contributed by atoms with Crippen molar-refractivity contribution in [3.05, 3.63) is 51.2 Å². The number of thiophene rings is 1. The lowest BCUT2D eigenvalue weighted by Gasteiger charge is -2.14. The van der Waals surface area contributed by atoms with E-state index in [4.69, 9.17) is 11.6 Å². The Morgan fingerprint density at radius 1 is 1.15 bits per heavy atom. The molecule has 12 heteroatoms. The van der Waals surface area contributed by atoms with Crippen molar-refractivity contribution >= 4 is 50.8 Å². The average molecular weight is 527 g/mol. The molecule has 0 fully saturated rings. The minimum atomic E-state index is -4.01. The Hall–Kier alpha value is -2.47. The second-order valence-corrected chi connectivity index (χ2v) is 11.2. The molecule has 3 rings (SSSR count). The molecular formula is C22H27ClN4O5S2. The second-order valence-electron chi connectivity index (χ2n) is 7.80. The number of nitrogens with one attached hydrogen (secondary N) is 3. The van der Waals surface area contributed by atoms with Crippen LogP contribution in [0.15, 0.2) is 46.3 Å². The minimum absolute atomic E-state index is 0.0321. The number of rotatable bonds is 11. The van der Waals surface area contributed by atoms with Crippen molar-refractivity contribution < 1.29 is 23.1 Å². The third-order valence-electron chi connectivity index (χ3n) is 5.07. The fraction of sp³-hybridized carbons (Fsp3) is 0.409. The lowest BCUT2D eigenvalue weighted by molar-refractivity contribution is -0.138. The molecule has 0 bridgehead atoms. The van der Waals surface area contributed by atoms with Crippen LogP contribution in [0.3, 0.4) is 0 Å². The van der Waals surface area contributed by atoms with Gasteiger partial charge in [-0.15, -0.1) is 11.3 Å². The van der Waals surface area contributed by atoms with E-state index in [2.05, 4.69) is 20.3 Å². The highest BCUT2D eigenvalue weighted by Gasteiger charge is 2.26. The van der Waals surface area contributed by atoms with E-state index in [1.807, 2.05) is 12.1 Å². The van der Waals surface area contributed by atoms with Gasteiger partial charge in [0, 0.05) is 40.7 Å². The van der Waals surface area contributed by atoms with Crippen LogP contribution in [0.2, 0.25) is 5.02 Å². The first-order valence-electron chi connectivity index (χ1n) is 10.9. The molecule has 184 valence electrons. The molecule has 0 saturated carbocycles. The normalized spacial score (nSPS) is 14.7. The van der Waals surface area contributed by atoms with E-state index in [1.165, 1.54) is 35.6 Å². The van der Waals surface area contributed by atoms with Crippen LogP contribution in [0.5, 0.6) is 0 Å². The van der Waals surface area contributed by atoms with Crippen LogP contribution in [0.25, 0.3) is 0 Å². The number of halogens is 1. The number of hydrogen-bond donors (Lipinski definition) is 4. The van der Waals surface area contributed by atoms with E-state index in [-0.39, 0.29) is 17.2 Å². The second kappa shape index (κ2) is 12.3. The van der Waals surface area contributed by atoms with Crippen LogP contribution < -0.4 is 15.4 Å². The van der Waals surface area contributed by atoms with Crippen molar-refractivity contribution in [3.63, 3.8) is 0 Å². The molecule has 1 aliphatic rings. The fourth-order valence-corrected chi connectivity index (χ4v) is 5.73. The molecule has 2 aromatic rings. The largest absolute Gasteiger partial charge is 0.480 e. The number of carboxylic acid groups (broad SMARTS) is 1. The number of guanidine groups is 1. The molecule has 34 heavy (non-hydrogen) atoms. The lowest BCUT2D eigenvalue weighted by Crippen LogP contribution is -2.43. The number of benzene rings is 1. The van der Waals surface area contributed by atoms with Crippen molar-refractivity contribution in [2.24, 2.45) is 4.99 Å². The zero-order valence-electron chi connectivity index (χ0n) is 18.4. The van der Waals surface area contributed by atoms with Crippen molar-refractivity contribution in [2.75, 3.05) is 13.1 Å². The van der Waals surface area contributed by atoms with Crippen molar-refractivity contribution in [1.82, 2.24) is 15.4 Å². The first-order valence-corrected chi connectivity index (χ1v) is 13.6. The van der Waals surface area contributed by atoms with E-state index in [9.17, 15) is 23.1 Å². The van der Waals surface area contributed by atoms with Crippen LogP contribution in [-0.4, -0.2) is 50.5 Å². The highest BCUT2D eigenvalue weighted by atomic mass is 35.5. The average Bonchev–Trinajstić information content (AvgIpc) is 3.24. The summed E-state index contributed by atoms with van der Waals surface area (Å²) < 4.78 is 27.4. The molecule has 9 nitrogen and oxygen atoms in total. The van der Waals surface area contributed by atoms with Crippen LogP contribution in [0.1, 0.15) is 35.4 Å². The molecule has 0 radical (unpaired) electrons. The summed E-state index contributed by atoms with van der Waals surface area (Å²) >= 11 is 7.24. The summed E-state index contributed by atoms with van der Waals surface area (Å²) in [5.74, 6) is -0.785. The third-order valence-corrected chi connectivity index (χ3v) is 7.98. The van der Waals surface area contributed by atoms with Gasteiger partial charge < -0.3 is 10.4 Å². The Morgan fingerprint density at radius 3 is 2.56 bits per heavy atom. The summed E-state index contributed by atoms with van der Waals surface area (Å²) in [6, 6.07) is 7.94. The number of aliphatic carboxylic acids is 1. The number of sulfonamides is 1. The summed E-state index contributed by atoms with van der Waals surface area (Å²) in [6.45, 7) is 1.53. The summed E-state index contributed by atoms with van der Waals surface area (Å²) in [5.41, 5.74) is 0. The molecule has 1 atom stereocenters. The van der Waals surface area contributed by atoms with E-state index in [0.29, 0.717) is 30.4 Å². The number of nitrogens with zero attached hydrogens (tertiary/aromatic N) is 1. The Labute approximate surface area is 207 Å². The number of carboxylic acids is 1. The molecular weight excluding hydrogens is 500 g/mol. The van der Waals surface area contributed by atoms with Gasteiger partial charge in [-0.3, -0.25) is 19.9 Å². The molecule has 0 aliphatic carbocycles. The Bertz CT molecular complexity index is 1130. The predicted molar refractivity (Wildman–Crippen MR) is 132 cm³/mol. The zero-order valence-corrected chi connectivity index (χ0v) is 20.8. The number of carbonyl (C=O) groups is 2. The fourth-order valence-electron chi connectivity index (χ4n) is 3.31. The molecule has 1 unspecified atom stereocenters. The monoisotopic (exact) mass is 526 g/mol. The van der Waals surface area contributed by atoms with E-state index >= 15 is 0 Å². The van der Waals surface area contributed by atoms with Crippen molar-refractivity contribution in [1.29, 1.82) is 0 Å². The maximum atomic E-state index is 12.6. The predicted octanol–water partition coefficient (Wildman–Crippen LogP) is 2.55. The molecule has 0 saturated heterocycles. The Balaban J connectivity index is 1.47. The highest BCUT2D eigenvalue weighted by Crippen LogP contribution is 2.21. The molecule has 1 aliphatic heterocycles. The first-order chi connectivity index (χ1) is 16.2. The standard InChI is InChI=1S/C22H27ClN4O5S2/c23-15-6-10-18(11-7-15)34(31,32)27-19(21(29)30)14-17-9-8-16(33-17)4-1-2-5-20(28)26-22-24-12-3-13-25-22/h6-11,19,27H,1-5,12-14H2,(H,29,30)(H2,24,25,26,28). The van der Waals surface area contributed by atoms with E-state index < -0.39 is 22.0 Å². The summed E-state index contributed by atoms with van der Waals surface area (Å²) in [6.07, 6.45) is 3.66. The van der Waals surface area contributed by atoms with Gasteiger partial charge in [-0.1, -0.05) is 11.6 Å². The molecule has 2 heterocycles. The number of aliphatic imine (C=N–C) groups is 1. The Morgan fingerprint density at radius 2 is 1.88 bits per heavy atom. The minimum Gasteiger partial charge on any atom is -0.480 e. The number of unbranched alkanes of at least 4 members (excludes halogenated alkanes) is 1. The topological polar surface area (TPSA) is 137 Å². The van der Waals surface area contributed by atoms with Gasteiger partial charge in [-0.05, 0) is 62.1 Å². The lowest BCUT2D eigenvalue weighted by atomic mass is 10.1. The molecule has 4 N–H and O–H groups in total. The van der Waals surface area contributed by atoms with Crippen LogP contribution >= 0.6 is 22.9 Å². The highest BCUT2D eigenvalue weighted by molar-refractivity contribution is 7.89. The van der Waals surface area contributed by atoms with Gasteiger partial charge in [0.15, 0.2) is 5.96 Å². The number of hydrogen-bond acceptors (Lipinski definition) is 7. The van der Waals surface area contributed by atoms with Crippen LogP contribution in [0.4, 0.5) is 0 Å². The summed E-state index contributed by atoms with van der Waals surface area (Å²) in [7, 11) is -4.01. The van der Waals surface area contributed by atoms with Gasteiger partial charge in [-0.2, -0.15) is 4.72 Å². The molecule has 1 amide bonds. The third kappa shape index (κ3) is 8.08. The van der Waals surface area contributed by atoms with Gasteiger partial charge in [-0.25, -0.2) is 8.42 Å². The van der Waals surface area contributed by atoms with Gasteiger partial charge in [0.05, 0.1) is 4.90 Å².